The van der Waals surface area contributed by atoms with E-state index in [1.807, 2.05) is 12.1 Å². The van der Waals surface area contributed by atoms with E-state index in [1.165, 1.54) is 12.1 Å². The van der Waals surface area contributed by atoms with Crippen molar-refractivity contribution in [2.45, 2.75) is 18.9 Å². The van der Waals surface area contributed by atoms with E-state index in [9.17, 15) is 14.0 Å². The van der Waals surface area contributed by atoms with Crippen LogP contribution in [0.5, 0.6) is 11.5 Å². The number of rotatable bonds is 11. The lowest BCUT2D eigenvalue weighted by atomic mass is 10.1. The highest BCUT2D eigenvalue weighted by Crippen LogP contribution is 2.35. The Hall–Kier alpha value is -5.33. The van der Waals surface area contributed by atoms with Crippen LogP contribution in [0, 0.1) is 5.82 Å². The van der Waals surface area contributed by atoms with Crippen LogP contribution in [0.1, 0.15) is 29.2 Å². The molecule has 1 aliphatic heterocycles. The number of aromatic nitrogens is 2. The van der Waals surface area contributed by atoms with Gasteiger partial charge in [-0.05, 0) is 79.6 Å². The number of primary amides is 1. The Morgan fingerprint density at radius 1 is 0.880 bits per heavy atom. The highest BCUT2D eigenvalue weighted by atomic mass is 35.5. The highest BCUT2D eigenvalue weighted by Gasteiger charge is 2.27. The normalized spacial score (nSPS) is 13.7. The van der Waals surface area contributed by atoms with Gasteiger partial charge < -0.3 is 36.3 Å². The fourth-order valence-electron chi connectivity index (χ4n) is 6.02. The Balaban J connectivity index is 1.32. The monoisotopic (exact) mass is 716 g/mol. The minimum Gasteiger partial charge on any atom is -0.457 e. The number of guanidine groups is 1. The number of hydrogen-bond donors (Lipinski definition) is 3. The second-order valence-electron chi connectivity index (χ2n) is 11.8. The molecule has 1 unspecified atom stereocenters. The first kappa shape index (κ1) is 34.5. The average Bonchev–Trinajstić information content (AvgIpc) is 3.48. The highest BCUT2D eigenvalue weighted by molar-refractivity contribution is 6.42. The van der Waals surface area contributed by atoms with Gasteiger partial charge in [-0.2, -0.15) is 0 Å². The summed E-state index contributed by atoms with van der Waals surface area (Å²) in [5.41, 5.74) is 20.2. The smallest absolute Gasteiger partial charge is 0.254 e. The molecule has 1 aromatic heterocycles. The van der Waals surface area contributed by atoms with Crippen LogP contribution >= 0.6 is 23.2 Å². The number of nitrogens with two attached hydrogens (primary N) is 3. The molecule has 0 aliphatic carbocycles. The Bertz CT molecular complexity index is 2060. The zero-order chi connectivity index (χ0) is 35.4. The number of carbonyl (C=O) groups is 2. The molecule has 11 nitrogen and oxygen atoms in total. The summed E-state index contributed by atoms with van der Waals surface area (Å²) in [6.07, 6.45) is 0.814. The summed E-state index contributed by atoms with van der Waals surface area (Å²) in [7, 11) is 0. The molecular formula is C36H35Cl2FN8O3. The number of ether oxygens (including phenoxy) is 1. The number of imidazole rings is 1. The molecule has 0 saturated carbocycles. The summed E-state index contributed by atoms with van der Waals surface area (Å²) in [5, 5.41) is 0.760. The van der Waals surface area contributed by atoms with Crippen molar-refractivity contribution < 1.29 is 18.7 Å². The van der Waals surface area contributed by atoms with Crippen molar-refractivity contribution in [3.8, 4) is 22.9 Å². The number of piperazine rings is 1. The van der Waals surface area contributed by atoms with Crippen LogP contribution < -0.4 is 26.8 Å². The Labute approximate surface area is 298 Å². The second-order valence-corrected chi connectivity index (χ2v) is 12.7. The van der Waals surface area contributed by atoms with Gasteiger partial charge in [-0.15, -0.1) is 0 Å². The zero-order valence-electron chi connectivity index (χ0n) is 26.9. The van der Waals surface area contributed by atoms with Crippen LogP contribution in [-0.4, -0.2) is 64.9 Å². The predicted octanol–water partition coefficient (Wildman–Crippen LogP) is 5.98. The summed E-state index contributed by atoms with van der Waals surface area (Å²) in [4.78, 5) is 39.6. The van der Waals surface area contributed by atoms with Gasteiger partial charge in [-0.3, -0.25) is 14.6 Å². The molecule has 4 aromatic carbocycles. The third-order valence-electron chi connectivity index (χ3n) is 8.48. The maximum Gasteiger partial charge on any atom is 0.254 e. The maximum absolute atomic E-state index is 13.7. The Morgan fingerprint density at radius 2 is 1.62 bits per heavy atom. The number of anilines is 1. The van der Waals surface area contributed by atoms with Gasteiger partial charge in [-0.1, -0.05) is 35.3 Å². The minimum absolute atomic E-state index is 0.0396. The number of nitrogens with zero attached hydrogens (tertiary/aromatic N) is 5. The van der Waals surface area contributed by atoms with Crippen LogP contribution in [0.4, 0.5) is 10.1 Å². The van der Waals surface area contributed by atoms with E-state index in [-0.39, 0.29) is 17.7 Å². The lowest BCUT2D eigenvalue weighted by molar-refractivity contribution is -0.121. The third-order valence-corrected chi connectivity index (χ3v) is 9.22. The van der Waals surface area contributed by atoms with Crippen molar-refractivity contribution in [3.63, 3.8) is 0 Å². The van der Waals surface area contributed by atoms with E-state index in [0.717, 1.165) is 5.69 Å². The molecule has 1 saturated heterocycles. The summed E-state index contributed by atoms with van der Waals surface area (Å²) in [5.74, 6) is 0.422. The van der Waals surface area contributed by atoms with Crippen LogP contribution in [0.25, 0.3) is 22.4 Å². The van der Waals surface area contributed by atoms with Gasteiger partial charge in [0, 0.05) is 55.6 Å². The molecule has 2 heterocycles. The average molecular weight is 718 g/mol. The number of fused-ring (bicyclic) bond motifs is 1. The molecule has 1 aliphatic rings. The minimum atomic E-state index is -0.801. The number of carbonyl (C=O) groups excluding carboxylic acids is 2. The quantitative estimate of drug-likeness (QED) is 0.0861. The second kappa shape index (κ2) is 15.1. The van der Waals surface area contributed by atoms with Crippen LogP contribution in [0.3, 0.4) is 0 Å². The summed E-state index contributed by atoms with van der Waals surface area (Å²) >= 11 is 12.3. The number of amides is 2. The largest absolute Gasteiger partial charge is 0.457 e. The molecule has 258 valence electrons. The SMILES string of the molecule is NC(=O)C(CCCN=C(N)N)n1c(-c2cccc(Oc3ccc(Cl)c(Cl)c3)c2)nc2cc(C(=O)N3CCN(c4ccc(F)cc4)CC3)ccc21. The van der Waals surface area contributed by atoms with Crippen LogP contribution in [-0.2, 0) is 4.79 Å². The molecule has 0 radical (unpaired) electrons. The van der Waals surface area contributed by atoms with Gasteiger partial charge in [-0.25, -0.2) is 9.37 Å². The topological polar surface area (TPSA) is 158 Å². The van der Waals surface area contributed by atoms with E-state index in [2.05, 4.69) is 9.89 Å². The molecule has 0 bridgehead atoms. The van der Waals surface area contributed by atoms with E-state index in [4.69, 9.17) is 50.1 Å². The Morgan fingerprint density at radius 3 is 2.32 bits per heavy atom. The van der Waals surface area contributed by atoms with E-state index in [0.29, 0.717) is 95.1 Å². The van der Waals surface area contributed by atoms with E-state index in [1.54, 1.807) is 70.1 Å². The number of halogens is 3. The third kappa shape index (κ3) is 7.77. The van der Waals surface area contributed by atoms with Crippen molar-refractivity contribution in [3.05, 3.63) is 106 Å². The molecule has 5 aromatic rings. The van der Waals surface area contributed by atoms with Crippen LogP contribution in [0.2, 0.25) is 10.0 Å². The standard InChI is InChI=1S/C36H35Cl2FN8O3/c37-28-12-11-27(21-29(28)38)50-26-4-1-3-22(19-26)34-44-30-20-23(6-13-31(30)47(34)32(33(40)48)5-2-14-43-36(41)42)35(49)46-17-15-45(16-18-46)25-9-7-24(39)8-10-25/h1,3-4,6-13,19-21,32H,2,5,14-18H2,(H2,40,48)(H4,41,42,43). The Kier molecular flexibility index (Phi) is 10.4. The molecule has 1 atom stereocenters. The van der Waals surface area contributed by atoms with Gasteiger partial charge in [0.15, 0.2) is 5.96 Å². The molecule has 50 heavy (non-hydrogen) atoms. The molecule has 1 fully saturated rings. The molecule has 14 heteroatoms. The number of benzene rings is 4. The zero-order valence-corrected chi connectivity index (χ0v) is 28.4. The fraction of sp³-hybridized carbons (Fsp3) is 0.222. The van der Waals surface area contributed by atoms with Gasteiger partial charge >= 0.3 is 0 Å². The first-order chi connectivity index (χ1) is 24.1. The molecule has 2 amide bonds. The van der Waals surface area contributed by atoms with Gasteiger partial charge in [0.05, 0.1) is 21.1 Å². The first-order valence-corrected chi connectivity index (χ1v) is 16.7. The molecular weight excluding hydrogens is 682 g/mol. The molecule has 0 spiro atoms. The van der Waals surface area contributed by atoms with Crippen molar-refractivity contribution in [2.24, 2.45) is 22.2 Å². The predicted molar refractivity (Wildman–Crippen MR) is 194 cm³/mol. The van der Waals surface area contributed by atoms with Crippen molar-refractivity contribution in [1.82, 2.24) is 14.5 Å². The van der Waals surface area contributed by atoms with E-state index < -0.39 is 11.9 Å². The maximum atomic E-state index is 13.7. The summed E-state index contributed by atoms with van der Waals surface area (Å²) in [6, 6.07) is 23.0. The molecule has 6 N–H and O–H groups in total. The van der Waals surface area contributed by atoms with Crippen molar-refractivity contribution in [2.75, 3.05) is 37.6 Å². The van der Waals surface area contributed by atoms with Crippen molar-refractivity contribution >= 4 is 57.7 Å². The lowest BCUT2D eigenvalue weighted by Crippen LogP contribution is -2.48. The fourth-order valence-corrected chi connectivity index (χ4v) is 6.31. The first-order valence-electron chi connectivity index (χ1n) is 16.0. The molecule has 6 rings (SSSR count). The number of aliphatic imine (C=N–C) groups is 1. The lowest BCUT2D eigenvalue weighted by Gasteiger charge is -2.36. The summed E-state index contributed by atoms with van der Waals surface area (Å²) < 4.78 is 21.3. The van der Waals surface area contributed by atoms with Crippen molar-refractivity contribution in [1.29, 1.82) is 0 Å². The van der Waals surface area contributed by atoms with Crippen LogP contribution in [0.15, 0.2) is 89.9 Å². The number of hydrogen-bond acceptors (Lipinski definition) is 6. The summed E-state index contributed by atoms with van der Waals surface area (Å²) in [6.45, 7) is 2.53. The van der Waals surface area contributed by atoms with Gasteiger partial charge in [0.25, 0.3) is 5.91 Å². The van der Waals surface area contributed by atoms with Gasteiger partial charge in [0.2, 0.25) is 5.91 Å². The van der Waals surface area contributed by atoms with E-state index >= 15 is 0 Å². The van der Waals surface area contributed by atoms with Gasteiger partial charge in [0.1, 0.15) is 29.2 Å².